The van der Waals surface area contributed by atoms with Gasteiger partial charge in [0.2, 0.25) is 5.91 Å². The van der Waals surface area contributed by atoms with Crippen LogP contribution < -0.4 is 15.1 Å². The molecule has 1 atom stereocenters. The second-order valence-electron chi connectivity index (χ2n) is 7.65. The number of carboxylic acid groups (broad SMARTS) is 1. The monoisotopic (exact) mass is 482 g/mol. The molecule has 2 aliphatic rings. The maximum Gasteiger partial charge on any atom is 0.305 e. The summed E-state index contributed by atoms with van der Waals surface area (Å²) < 4.78 is 0. The summed E-state index contributed by atoms with van der Waals surface area (Å²) in [6, 6.07) is 14.7. The van der Waals surface area contributed by atoms with E-state index in [2.05, 4.69) is 37.5 Å². The third-order valence-corrected chi connectivity index (χ3v) is 6.52. The van der Waals surface area contributed by atoms with E-state index in [1.54, 1.807) is 6.07 Å². The fourth-order valence-corrected chi connectivity index (χ4v) is 4.70. The summed E-state index contributed by atoms with van der Waals surface area (Å²) in [6.45, 7) is 3.05. The van der Waals surface area contributed by atoms with Gasteiger partial charge in [-0.3, -0.25) is 19.7 Å². The van der Waals surface area contributed by atoms with Gasteiger partial charge < -0.3 is 20.2 Å². The minimum atomic E-state index is -1.08. The standard InChI is InChI=1S/C22H22N6O5S/c29-20(30)13-19-21(31)24-22(34-19)25-23-14-15-12-17(28(32)33)6-7-18(15)27-10-8-26(9-11-27)16-4-2-1-3-5-16/h1-7,12,14,19H,8-11,13H2,(H,29,30)(H,24,25,31). The Morgan fingerprint density at radius 3 is 2.56 bits per heavy atom. The van der Waals surface area contributed by atoms with E-state index in [0.717, 1.165) is 49.3 Å². The minimum absolute atomic E-state index is 0.0640. The largest absolute Gasteiger partial charge is 0.481 e. The number of benzene rings is 2. The molecule has 4 rings (SSSR count). The van der Waals surface area contributed by atoms with Crippen LogP contribution in [-0.4, -0.2) is 64.7 Å². The Labute approximate surface area is 199 Å². The summed E-state index contributed by atoms with van der Waals surface area (Å²) in [4.78, 5) is 38.0. The Kier molecular flexibility index (Phi) is 7.07. The average molecular weight is 483 g/mol. The molecule has 2 aliphatic heterocycles. The van der Waals surface area contributed by atoms with Crippen LogP contribution in [0.5, 0.6) is 0 Å². The Bertz CT molecular complexity index is 1150. The van der Waals surface area contributed by atoms with Gasteiger partial charge in [0.05, 0.1) is 17.6 Å². The number of nitro groups is 1. The van der Waals surface area contributed by atoms with E-state index in [1.807, 2.05) is 18.2 Å². The van der Waals surface area contributed by atoms with Crippen LogP contribution >= 0.6 is 11.8 Å². The zero-order valence-corrected chi connectivity index (χ0v) is 18.9. The number of anilines is 2. The van der Waals surface area contributed by atoms with Crippen molar-refractivity contribution in [2.75, 3.05) is 36.0 Å². The smallest absolute Gasteiger partial charge is 0.305 e. The molecule has 2 saturated heterocycles. The number of thioether (sulfide) groups is 1. The van der Waals surface area contributed by atoms with Crippen LogP contribution in [0.2, 0.25) is 0 Å². The lowest BCUT2D eigenvalue weighted by molar-refractivity contribution is -0.384. The van der Waals surface area contributed by atoms with Crippen LogP contribution in [0.1, 0.15) is 12.0 Å². The van der Waals surface area contributed by atoms with Gasteiger partial charge in [-0.25, -0.2) is 0 Å². The molecule has 2 fully saturated rings. The van der Waals surface area contributed by atoms with Crippen molar-refractivity contribution in [1.82, 2.24) is 5.32 Å². The number of para-hydroxylation sites is 1. The van der Waals surface area contributed by atoms with Crippen LogP contribution in [0.4, 0.5) is 17.1 Å². The molecule has 34 heavy (non-hydrogen) atoms. The van der Waals surface area contributed by atoms with Gasteiger partial charge >= 0.3 is 5.97 Å². The van der Waals surface area contributed by atoms with Gasteiger partial charge in [-0.2, -0.15) is 5.10 Å². The van der Waals surface area contributed by atoms with Crippen LogP contribution in [0.15, 0.2) is 58.7 Å². The Balaban J connectivity index is 1.50. The van der Waals surface area contributed by atoms with Gasteiger partial charge in [0.25, 0.3) is 5.69 Å². The van der Waals surface area contributed by atoms with Gasteiger partial charge in [-0.05, 0) is 18.2 Å². The molecule has 0 spiro atoms. The number of piperazine rings is 1. The van der Waals surface area contributed by atoms with Crippen LogP contribution in [0, 0.1) is 10.1 Å². The molecule has 1 amide bonds. The Morgan fingerprint density at radius 1 is 1.18 bits per heavy atom. The first-order valence-electron chi connectivity index (χ1n) is 10.5. The molecule has 2 aromatic rings. The molecule has 0 saturated carbocycles. The third kappa shape index (κ3) is 5.52. The maximum atomic E-state index is 11.8. The van der Waals surface area contributed by atoms with Gasteiger partial charge in [0, 0.05) is 55.2 Å². The van der Waals surface area contributed by atoms with E-state index >= 15 is 0 Å². The lowest BCUT2D eigenvalue weighted by atomic mass is 10.1. The number of nitrogens with one attached hydrogen (secondary N) is 1. The van der Waals surface area contributed by atoms with Gasteiger partial charge in [-0.1, -0.05) is 30.0 Å². The van der Waals surface area contributed by atoms with Gasteiger partial charge in [0.15, 0.2) is 5.17 Å². The normalized spacial score (nSPS) is 19.6. The highest BCUT2D eigenvalue weighted by Gasteiger charge is 2.32. The van der Waals surface area contributed by atoms with Crippen LogP contribution in [0.25, 0.3) is 0 Å². The van der Waals surface area contributed by atoms with Crippen molar-refractivity contribution in [3.63, 3.8) is 0 Å². The number of hydrogen-bond donors (Lipinski definition) is 2. The molecule has 0 aromatic heterocycles. The van der Waals surface area contributed by atoms with E-state index < -0.39 is 22.0 Å². The molecule has 11 nitrogen and oxygen atoms in total. The van der Waals surface area contributed by atoms with Crippen molar-refractivity contribution in [2.45, 2.75) is 11.7 Å². The van der Waals surface area contributed by atoms with E-state index in [9.17, 15) is 19.7 Å². The first-order chi connectivity index (χ1) is 16.4. The predicted molar refractivity (Wildman–Crippen MR) is 131 cm³/mol. The van der Waals surface area contributed by atoms with E-state index in [0.29, 0.717) is 5.56 Å². The highest BCUT2D eigenvalue weighted by Crippen LogP contribution is 2.27. The first kappa shape index (κ1) is 23.2. The molecule has 0 bridgehead atoms. The van der Waals surface area contributed by atoms with Crippen molar-refractivity contribution in [3.8, 4) is 0 Å². The van der Waals surface area contributed by atoms with Crippen LogP contribution in [-0.2, 0) is 9.59 Å². The van der Waals surface area contributed by atoms with Crippen molar-refractivity contribution in [1.29, 1.82) is 0 Å². The van der Waals surface area contributed by atoms with Crippen molar-refractivity contribution < 1.29 is 19.6 Å². The van der Waals surface area contributed by atoms with Crippen molar-refractivity contribution in [3.05, 3.63) is 64.2 Å². The number of carboxylic acids is 1. The van der Waals surface area contributed by atoms with Crippen molar-refractivity contribution >= 4 is 52.1 Å². The number of carbonyl (C=O) groups is 2. The van der Waals surface area contributed by atoms with E-state index in [4.69, 9.17) is 5.11 Å². The summed E-state index contributed by atoms with van der Waals surface area (Å²) in [7, 11) is 0. The average Bonchev–Trinajstić information content (AvgIpc) is 3.17. The number of aliphatic carboxylic acids is 1. The zero-order chi connectivity index (χ0) is 24.1. The summed E-state index contributed by atoms with van der Waals surface area (Å²) in [5, 5.41) is 30.1. The predicted octanol–water partition coefficient (Wildman–Crippen LogP) is 2.32. The number of non-ortho nitro benzene ring substituents is 1. The van der Waals surface area contributed by atoms with Gasteiger partial charge in [0.1, 0.15) is 5.25 Å². The quantitative estimate of drug-likeness (QED) is 0.348. The molecule has 176 valence electrons. The highest BCUT2D eigenvalue weighted by molar-refractivity contribution is 8.15. The summed E-state index contributed by atoms with van der Waals surface area (Å²) in [5.41, 5.74) is 2.42. The molecule has 0 aliphatic carbocycles. The number of nitrogens with zero attached hydrogens (tertiary/aromatic N) is 5. The number of amidine groups is 1. The second kappa shape index (κ2) is 10.3. The number of carbonyl (C=O) groups excluding carboxylic acids is 1. The fraction of sp³-hybridized carbons (Fsp3) is 0.273. The molecule has 12 heteroatoms. The third-order valence-electron chi connectivity index (χ3n) is 5.45. The maximum absolute atomic E-state index is 11.8. The number of nitro benzene ring substituents is 1. The fourth-order valence-electron chi connectivity index (χ4n) is 3.78. The first-order valence-corrected chi connectivity index (χ1v) is 11.4. The van der Waals surface area contributed by atoms with Crippen molar-refractivity contribution in [2.24, 2.45) is 10.2 Å². The Hall–Kier alpha value is -3.93. The zero-order valence-electron chi connectivity index (χ0n) is 18.0. The Morgan fingerprint density at radius 2 is 1.88 bits per heavy atom. The molecule has 0 radical (unpaired) electrons. The lowest BCUT2D eigenvalue weighted by Gasteiger charge is -2.37. The molecule has 2 aromatic carbocycles. The molecular formula is C22H22N6O5S. The topological polar surface area (TPSA) is 141 Å². The van der Waals surface area contributed by atoms with E-state index in [-0.39, 0.29) is 17.3 Å². The second-order valence-corrected chi connectivity index (χ2v) is 8.84. The van der Waals surface area contributed by atoms with E-state index in [1.165, 1.54) is 18.3 Å². The SMILES string of the molecule is O=C(O)CC1SC(=NN=Cc2cc([N+](=O)[O-])ccc2N2CCN(c3ccccc3)CC2)NC1=O. The number of hydrogen-bond acceptors (Lipinski definition) is 9. The molecular weight excluding hydrogens is 460 g/mol. The lowest BCUT2D eigenvalue weighted by Crippen LogP contribution is -2.46. The highest BCUT2D eigenvalue weighted by atomic mass is 32.2. The van der Waals surface area contributed by atoms with Crippen LogP contribution in [0.3, 0.4) is 0 Å². The minimum Gasteiger partial charge on any atom is -0.481 e. The summed E-state index contributed by atoms with van der Waals surface area (Å²) in [5.74, 6) is -1.51. The molecule has 2 heterocycles. The molecule has 2 N–H and O–H groups in total. The van der Waals surface area contributed by atoms with Gasteiger partial charge in [-0.15, -0.1) is 5.10 Å². The number of amides is 1. The summed E-state index contributed by atoms with van der Waals surface area (Å²) >= 11 is 0.991. The summed E-state index contributed by atoms with van der Waals surface area (Å²) in [6.07, 6.45) is 1.10. The number of rotatable bonds is 7. The molecule has 1 unspecified atom stereocenters.